The minimum absolute atomic E-state index is 0.0498. The highest BCUT2D eigenvalue weighted by atomic mass is 127. The third kappa shape index (κ3) is 7.78. The van der Waals surface area contributed by atoms with Crippen molar-refractivity contribution in [2.45, 2.75) is 43.9 Å². The Morgan fingerprint density at radius 3 is 2.47 bits per heavy atom. The lowest BCUT2D eigenvalue weighted by Crippen LogP contribution is -2.56. The van der Waals surface area contributed by atoms with E-state index in [1.54, 1.807) is 43.4 Å². The van der Waals surface area contributed by atoms with Gasteiger partial charge in [0.25, 0.3) is 0 Å². The van der Waals surface area contributed by atoms with E-state index in [9.17, 15) is 24.6 Å². The minimum atomic E-state index is -1.20. The summed E-state index contributed by atoms with van der Waals surface area (Å²) < 4.78 is 23.3. The van der Waals surface area contributed by atoms with Crippen LogP contribution in [0.25, 0.3) is 0 Å². The summed E-state index contributed by atoms with van der Waals surface area (Å²) in [7, 11) is 4.59. The second kappa shape index (κ2) is 14.9. The lowest BCUT2D eigenvalue weighted by Gasteiger charge is -2.41. The molecule has 12 heteroatoms. The molecule has 1 fully saturated rings. The number of aldehydes is 1. The maximum atomic E-state index is 13.7. The van der Waals surface area contributed by atoms with Gasteiger partial charge >= 0.3 is 0 Å². The Morgan fingerprint density at radius 1 is 1.09 bits per heavy atom. The summed E-state index contributed by atoms with van der Waals surface area (Å²) in [6.07, 6.45) is 2.04. The van der Waals surface area contributed by atoms with Crippen molar-refractivity contribution in [3.05, 3.63) is 56.7 Å². The van der Waals surface area contributed by atoms with Gasteiger partial charge < -0.3 is 39.4 Å². The van der Waals surface area contributed by atoms with Gasteiger partial charge in [-0.3, -0.25) is 14.4 Å². The van der Waals surface area contributed by atoms with Gasteiger partial charge in [-0.15, -0.1) is 0 Å². The Kier molecular flexibility index (Phi) is 11.3. The van der Waals surface area contributed by atoms with Crippen LogP contribution in [-0.2, 0) is 16.0 Å². The highest BCUT2D eigenvalue weighted by molar-refractivity contribution is 14.1. The lowest BCUT2D eigenvalue weighted by atomic mass is 9.87. The third-order valence-electron chi connectivity index (χ3n) is 7.58. The quantitative estimate of drug-likeness (QED) is 0.199. The van der Waals surface area contributed by atoms with Crippen LogP contribution < -0.4 is 24.3 Å². The molecule has 3 N–H and O–H groups in total. The zero-order valence-corrected chi connectivity index (χ0v) is 26.5. The summed E-state index contributed by atoms with van der Waals surface area (Å²) in [6, 6.07) is 7.82. The van der Waals surface area contributed by atoms with Crippen LogP contribution in [0.5, 0.6) is 23.0 Å². The summed E-state index contributed by atoms with van der Waals surface area (Å²) >= 11 is 2.02. The zero-order chi connectivity index (χ0) is 31.1. The fourth-order valence-electron chi connectivity index (χ4n) is 5.16. The first kappa shape index (κ1) is 32.6. The van der Waals surface area contributed by atoms with Crippen LogP contribution in [0.4, 0.5) is 0 Å². The van der Waals surface area contributed by atoms with Crippen molar-refractivity contribution in [1.29, 1.82) is 0 Å². The average Bonchev–Trinajstić information content (AvgIpc) is 3.87. The first-order valence-corrected chi connectivity index (χ1v) is 15.1. The molecule has 0 saturated heterocycles. The van der Waals surface area contributed by atoms with Gasteiger partial charge in [-0.05, 0) is 83.8 Å². The number of amides is 2. The Balaban J connectivity index is 1.69. The third-order valence-corrected chi connectivity index (χ3v) is 8.38. The number of nitrogens with zero attached hydrogens (tertiary/aromatic N) is 1. The second-order valence-corrected chi connectivity index (χ2v) is 11.6. The molecule has 232 valence electrons. The number of methoxy groups -OCH3 is 3. The first-order valence-electron chi connectivity index (χ1n) is 14.0. The van der Waals surface area contributed by atoms with Crippen molar-refractivity contribution in [3.63, 3.8) is 0 Å². The molecule has 1 saturated carbocycles. The summed E-state index contributed by atoms with van der Waals surface area (Å²) in [5, 5.41) is 23.7. The van der Waals surface area contributed by atoms with Crippen LogP contribution in [0.2, 0.25) is 0 Å². The molecule has 2 aliphatic rings. The molecule has 2 aromatic carbocycles. The van der Waals surface area contributed by atoms with Crippen LogP contribution >= 0.6 is 22.6 Å². The van der Waals surface area contributed by atoms with Crippen molar-refractivity contribution in [2.75, 3.05) is 41.0 Å². The molecule has 2 aromatic rings. The SMILES string of the molecule is COc1ccc(OC)c(CCN(C(=O)C2CC2)C2CC(C(=O)NCCO)=CC(Oc3c(I)cc(C=O)cc3OC)C2O)c1. The van der Waals surface area contributed by atoms with Crippen molar-refractivity contribution >= 4 is 40.7 Å². The maximum absolute atomic E-state index is 13.7. The van der Waals surface area contributed by atoms with Crippen molar-refractivity contribution in [1.82, 2.24) is 10.2 Å². The Bertz CT molecular complexity index is 1360. The van der Waals surface area contributed by atoms with Crippen LogP contribution in [0.3, 0.4) is 0 Å². The van der Waals surface area contributed by atoms with Crippen molar-refractivity contribution in [2.24, 2.45) is 5.92 Å². The predicted molar refractivity (Wildman–Crippen MR) is 166 cm³/mol. The standard InChI is InChI=1S/C31H37IN2O9/c1-40-22-6-7-25(41-2)20(14-22)8-10-34(31(39)19-4-5-19)24-15-21(30(38)33-9-11-35)16-26(28(24)37)43-29-23(32)12-18(17-36)13-27(29)42-3/h6-7,12-14,16-17,19,24,26,28,35,37H,4-5,8-11,15H2,1-3H3,(H,33,38). The lowest BCUT2D eigenvalue weighted by molar-refractivity contribution is -0.139. The van der Waals surface area contributed by atoms with E-state index >= 15 is 0 Å². The molecule has 4 rings (SSSR count). The van der Waals surface area contributed by atoms with E-state index in [1.807, 2.05) is 28.7 Å². The van der Waals surface area contributed by atoms with E-state index in [0.29, 0.717) is 50.4 Å². The number of ether oxygens (including phenoxy) is 4. The maximum Gasteiger partial charge on any atom is 0.247 e. The topological polar surface area (TPSA) is 144 Å². The highest BCUT2D eigenvalue weighted by Crippen LogP contribution is 2.38. The molecule has 3 unspecified atom stereocenters. The highest BCUT2D eigenvalue weighted by Gasteiger charge is 2.44. The van der Waals surface area contributed by atoms with Gasteiger partial charge in [0, 0.05) is 36.6 Å². The summed E-state index contributed by atoms with van der Waals surface area (Å²) in [5.41, 5.74) is 1.55. The number of carbonyl (C=O) groups is 3. The van der Waals surface area contributed by atoms with E-state index in [1.165, 1.54) is 13.2 Å². The Morgan fingerprint density at radius 2 is 1.84 bits per heavy atom. The molecule has 0 radical (unpaired) electrons. The van der Waals surface area contributed by atoms with Crippen molar-refractivity contribution < 1.29 is 43.5 Å². The molecule has 11 nitrogen and oxygen atoms in total. The molecule has 2 amide bonds. The number of benzene rings is 2. The van der Waals surface area contributed by atoms with E-state index in [2.05, 4.69) is 5.32 Å². The predicted octanol–water partition coefficient (Wildman–Crippen LogP) is 2.53. The molecule has 0 spiro atoms. The molecule has 0 heterocycles. The fourth-order valence-corrected chi connectivity index (χ4v) is 5.91. The zero-order valence-electron chi connectivity index (χ0n) is 24.4. The van der Waals surface area contributed by atoms with E-state index < -0.39 is 24.2 Å². The van der Waals surface area contributed by atoms with Crippen LogP contribution in [0.1, 0.15) is 35.2 Å². The van der Waals surface area contributed by atoms with Crippen LogP contribution in [0, 0.1) is 9.49 Å². The number of hydrogen-bond donors (Lipinski definition) is 3. The normalized spacial score (nSPS) is 19.6. The average molecular weight is 709 g/mol. The number of aliphatic hydroxyl groups excluding tert-OH is 2. The number of rotatable bonds is 14. The molecular formula is C31H37IN2O9. The van der Waals surface area contributed by atoms with Gasteiger partial charge in [0.15, 0.2) is 11.5 Å². The molecule has 0 bridgehead atoms. The summed E-state index contributed by atoms with van der Waals surface area (Å²) in [5.74, 6) is 1.22. The van der Waals surface area contributed by atoms with Gasteiger partial charge in [0.1, 0.15) is 30.0 Å². The van der Waals surface area contributed by atoms with E-state index in [4.69, 9.17) is 18.9 Å². The number of aliphatic hydroxyl groups is 2. The van der Waals surface area contributed by atoms with Crippen LogP contribution in [-0.4, -0.2) is 92.5 Å². The smallest absolute Gasteiger partial charge is 0.247 e. The Labute approximate surface area is 264 Å². The van der Waals surface area contributed by atoms with E-state index in [-0.39, 0.29) is 37.9 Å². The largest absolute Gasteiger partial charge is 0.497 e. The number of carbonyl (C=O) groups excluding carboxylic acids is 3. The van der Waals surface area contributed by atoms with E-state index in [0.717, 1.165) is 18.4 Å². The summed E-state index contributed by atoms with van der Waals surface area (Å²) in [6.45, 7) is 0.0695. The minimum Gasteiger partial charge on any atom is -0.497 e. The molecule has 2 aliphatic carbocycles. The molecule has 3 atom stereocenters. The second-order valence-electron chi connectivity index (χ2n) is 10.4. The number of hydrogen-bond acceptors (Lipinski definition) is 9. The van der Waals surface area contributed by atoms with Gasteiger partial charge in [0.05, 0.1) is 37.5 Å². The Hall–Kier alpha value is -3.36. The van der Waals surface area contributed by atoms with Gasteiger partial charge in [-0.25, -0.2) is 0 Å². The molecule has 43 heavy (non-hydrogen) atoms. The fraction of sp³-hybridized carbons (Fsp3) is 0.452. The van der Waals surface area contributed by atoms with Crippen molar-refractivity contribution in [3.8, 4) is 23.0 Å². The molecule has 0 aliphatic heterocycles. The number of halogens is 1. The summed E-state index contributed by atoms with van der Waals surface area (Å²) in [4.78, 5) is 39.9. The first-order chi connectivity index (χ1) is 20.7. The molecular weight excluding hydrogens is 671 g/mol. The van der Waals surface area contributed by atoms with Gasteiger partial charge in [0.2, 0.25) is 11.8 Å². The number of nitrogens with one attached hydrogen (secondary N) is 1. The van der Waals surface area contributed by atoms with Gasteiger partial charge in [-0.2, -0.15) is 0 Å². The van der Waals surface area contributed by atoms with Gasteiger partial charge in [-0.1, -0.05) is 0 Å². The monoisotopic (exact) mass is 708 g/mol. The van der Waals surface area contributed by atoms with Crippen LogP contribution in [0.15, 0.2) is 42.0 Å². The molecule has 0 aromatic heterocycles.